The molecular formula is C15H22N2O4. The summed E-state index contributed by atoms with van der Waals surface area (Å²) in [7, 11) is 0. The van der Waals surface area contributed by atoms with E-state index in [2.05, 4.69) is 4.90 Å². The minimum atomic E-state index is -0.458. The molecule has 2 N–H and O–H groups in total. The van der Waals surface area contributed by atoms with Crippen LogP contribution in [0.3, 0.4) is 0 Å². The minimum Gasteiger partial charge on any atom is -0.395 e. The Labute approximate surface area is 124 Å². The Morgan fingerprint density at radius 2 is 1.95 bits per heavy atom. The van der Waals surface area contributed by atoms with Crippen molar-refractivity contribution in [3.8, 4) is 0 Å². The topological polar surface area (TPSA) is 86.8 Å². The molecule has 1 aliphatic rings. The first kappa shape index (κ1) is 15.7. The first-order valence-electron chi connectivity index (χ1n) is 7.43. The third-order valence-electron chi connectivity index (χ3n) is 4.11. The summed E-state index contributed by atoms with van der Waals surface area (Å²) in [4.78, 5) is 12.5. The lowest BCUT2D eigenvalue weighted by Crippen LogP contribution is -2.39. The molecule has 1 fully saturated rings. The van der Waals surface area contributed by atoms with E-state index >= 15 is 0 Å². The van der Waals surface area contributed by atoms with Crippen LogP contribution >= 0.6 is 0 Å². The van der Waals surface area contributed by atoms with Gasteiger partial charge in [-0.3, -0.25) is 10.1 Å². The van der Waals surface area contributed by atoms with Crippen LogP contribution in [0.1, 0.15) is 37.7 Å². The van der Waals surface area contributed by atoms with Gasteiger partial charge in [-0.05, 0) is 18.9 Å². The van der Waals surface area contributed by atoms with Gasteiger partial charge < -0.3 is 15.1 Å². The lowest BCUT2D eigenvalue weighted by molar-refractivity contribution is -0.384. The molecule has 1 aliphatic carbocycles. The maximum atomic E-state index is 10.8. The summed E-state index contributed by atoms with van der Waals surface area (Å²) < 4.78 is 0. The summed E-state index contributed by atoms with van der Waals surface area (Å²) in [6.45, 7) is 0.263. The highest BCUT2D eigenvalue weighted by Crippen LogP contribution is 2.31. The molecule has 0 aliphatic heterocycles. The average Bonchev–Trinajstić information content (AvgIpc) is 2.53. The zero-order valence-corrected chi connectivity index (χ0v) is 12.1. The van der Waals surface area contributed by atoms with Gasteiger partial charge in [-0.15, -0.1) is 0 Å². The van der Waals surface area contributed by atoms with Crippen molar-refractivity contribution in [2.45, 2.75) is 44.8 Å². The van der Waals surface area contributed by atoms with Crippen molar-refractivity contribution in [1.29, 1.82) is 0 Å². The molecule has 1 aromatic rings. The smallest absolute Gasteiger partial charge is 0.269 e. The van der Waals surface area contributed by atoms with Crippen LogP contribution in [0.2, 0.25) is 0 Å². The Kier molecular flexibility index (Phi) is 5.52. The van der Waals surface area contributed by atoms with Crippen LogP contribution < -0.4 is 4.90 Å². The zero-order chi connectivity index (χ0) is 15.2. The van der Waals surface area contributed by atoms with Gasteiger partial charge in [-0.1, -0.05) is 19.3 Å². The van der Waals surface area contributed by atoms with E-state index in [1.54, 1.807) is 6.07 Å². The second-order valence-corrected chi connectivity index (χ2v) is 5.44. The first-order valence-corrected chi connectivity index (χ1v) is 7.43. The van der Waals surface area contributed by atoms with Crippen LogP contribution in [0.4, 0.5) is 11.4 Å². The predicted molar refractivity (Wildman–Crippen MR) is 80.3 cm³/mol. The summed E-state index contributed by atoms with van der Waals surface area (Å²) >= 11 is 0. The molecule has 0 saturated heterocycles. The molecule has 21 heavy (non-hydrogen) atoms. The maximum absolute atomic E-state index is 10.8. The van der Waals surface area contributed by atoms with Crippen LogP contribution in [0.15, 0.2) is 18.2 Å². The van der Waals surface area contributed by atoms with Crippen LogP contribution in [-0.2, 0) is 6.61 Å². The van der Waals surface area contributed by atoms with Gasteiger partial charge in [0.15, 0.2) is 0 Å². The number of hydrogen-bond acceptors (Lipinski definition) is 5. The van der Waals surface area contributed by atoms with Crippen molar-refractivity contribution in [2.24, 2.45) is 0 Å². The molecule has 0 aromatic heterocycles. The number of non-ortho nitro benzene ring substituents is 1. The molecule has 0 atom stereocenters. The molecule has 2 rings (SSSR count). The zero-order valence-electron chi connectivity index (χ0n) is 12.1. The van der Waals surface area contributed by atoms with Crippen molar-refractivity contribution in [3.05, 3.63) is 33.9 Å². The van der Waals surface area contributed by atoms with Crippen molar-refractivity contribution in [1.82, 2.24) is 0 Å². The number of hydrogen-bond donors (Lipinski definition) is 2. The molecule has 0 bridgehead atoms. The Morgan fingerprint density at radius 3 is 2.52 bits per heavy atom. The largest absolute Gasteiger partial charge is 0.395 e. The second-order valence-electron chi connectivity index (χ2n) is 5.44. The fourth-order valence-corrected chi connectivity index (χ4v) is 3.09. The molecule has 1 aromatic carbocycles. The number of anilines is 1. The van der Waals surface area contributed by atoms with Crippen molar-refractivity contribution in [2.75, 3.05) is 18.1 Å². The summed E-state index contributed by atoms with van der Waals surface area (Å²) in [5.41, 5.74) is 1.32. The Morgan fingerprint density at radius 1 is 1.24 bits per heavy atom. The van der Waals surface area contributed by atoms with Gasteiger partial charge in [-0.2, -0.15) is 0 Å². The van der Waals surface area contributed by atoms with Gasteiger partial charge in [0.05, 0.1) is 18.1 Å². The summed E-state index contributed by atoms with van der Waals surface area (Å²) in [5.74, 6) is 0. The van der Waals surface area contributed by atoms with E-state index < -0.39 is 4.92 Å². The number of aliphatic hydroxyl groups excluding tert-OH is 2. The summed E-state index contributed by atoms with van der Waals surface area (Å²) in [6, 6.07) is 4.90. The Hall–Kier alpha value is -1.66. The Balaban J connectivity index is 2.32. The van der Waals surface area contributed by atoms with E-state index in [1.165, 1.54) is 18.6 Å². The lowest BCUT2D eigenvalue weighted by atomic mass is 9.93. The van der Waals surface area contributed by atoms with Gasteiger partial charge in [0.1, 0.15) is 0 Å². The first-order chi connectivity index (χ1) is 10.2. The van der Waals surface area contributed by atoms with E-state index in [1.807, 2.05) is 0 Å². The van der Waals surface area contributed by atoms with E-state index in [4.69, 9.17) is 0 Å². The van der Waals surface area contributed by atoms with Gasteiger partial charge in [0.25, 0.3) is 5.69 Å². The number of nitro groups is 1. The molecule has 0 amide bonds. The average molecular weight is 294 g/mol. The maximum Gasteiger partial charge on any atom is 0.269 e. The normalized spacial score (nSPS) is 15.9. The molecular weight excluding hydrogens is 272 g/mol. The van der Waals surface area contributed by atoms with E-state index in [9.17, 15) is 20.3 Å². The molecule has 6 heteroatoms. The standard InChI is InChI=1S/C15H22N2O4/c18-9-8-16(13-4-2-1-3-5-13)15-7-6-14(17(20)21)10-12(15)11-19/h6-7,10,13,18-19H,1-5,8-9,11H2. The van der Waals surface area contributed by atoms with E-state index in [0.717, 1.165) is 31.4 Å². The fraction of sp³-hybridized carbons (Fsp3) is 0.600. The molecule has 116 valence electrons. The molecule has 0 unspecified atom stereocenters. The number of aliphatic hydroxyl groups is 2. The highest BCUT2D eigenvalue weighted by molar-refractivity contribution is 5.58. The molecule has 0 radical (unpaired) electrons. The second kappa shape index (κ2) is 7.38. The summed E-state index contributed by atoms with van der Waals surface area (Å²) in [6.07, 6.45) is 5.67. The van der Waals surface area contributed by atoms with Crippen LogP contribution in [0, 0.1) is 10.1 Å². The van der Waals surface area contributed by atoms with Crippen molar-refractivity contribution in [3.63, 3.8) is 0 Å². The number of nitro benzene ring substituents is 1. The van der Waals surface area contributed by atoms with Crippen LogP contribution in [-0.4, -0.2) is 34.3 Å². The lowest BCUT2D eigenvalue weighted by Gasteiger charge is -2.36. The Bertz CT molecular complexity index is 487. The highest BCUT2D eigenvalue weighted by Gasteiger charge is 2.23. The van der Waals surface area contributed by atoms with Crippen molar-refractivity contribution >= 4 is 11.4 Å². The third kappa shape index (κ3) is 3.71. The molecule has 0 heterocycles. The number of rotatable bonds is 6. The molecule has 6 nitrogen and oxygen atoms in total. The van der Waals surface area contributed by atoms with Crippen LogP contribution in [0.25, 0.3) is 0 Å². The number of benzene rings is 1. The SMILES string of the molecule is O=[N+]([O-])c1ccc(N(CCO)C2CCCCC2)c(CO)c1. The van der Waals surface area contributed by atoms with E-state index in [-0.39, 0.29) is 18.9 Å². The van der Waals surface area contributed by atoms with Gasteiger partial charge in [0, 0.05) is 36.0 Å². The van der Waals surface area contributed by atoms with E-state index in [0.29, 0.717) is 18.2 Å². The van der Waals surface area contributed by atoms with Crippen LogP contribution in [0.5, 0.6) is 0 Å². The minimum absolute atomic E-state index is 0.0182. The third-order valence-corrected chi connectivity index (χ3v) is 4.11. The molecule has 0 spiro atoms. The predicted octanol–water partition coefficient (Wildman–Crippen LogP) is 2.22. The highest BCUT2D eigenvalue weighted by atomic mass is 16.6. The fourth-order valence-electron chi connectivity index (χ4n) is 3.09. The summed E-state index contributed by atoms with van der Waals surface area (Å²) in [5, 5.41) is 29.7. The van der Waals surface area contributed by atoms with Gasteiger partial charge in [0.2, 0.25) is 0 Å². The van der Waals surface area contributed by atoms with Gasteiger partial charge >= 0.3 is 0 Å². The molecule has 1 saturated carbocycles. The quantitative estimate of drug-likeness (QED) is 0.620. The monoisotopic (exact) mass is 294 g/mol. The van der Waals surface area contributed by atoms with Gasteiger partial charge in [-0.25, -0.2) is 0 Å². The van der Waals surface area contributed by atoms with Crippen molar-refractivity contribution < 1.29 is 15.1 Å². The number of nitrogens with zero attached hydrogens (tertiary/aromatic N) is 2.